The highest BCUT2D eigenvalue weighted by molar-refractivity contribution is 5.14. The van der Waals surface area contributed by atoms with E-state index in [0.29, 0.717) is 0 Å². The van der Waals surface area contributed by atoms with E-state index in [4.69, 9.17) is 0 Å². The minimum atomic E-state index is 0.0269. The molecule has 1 rings (SSSR count). The minimum Gasteiger partial charge on any atom is -0.302 e. The molecule has 0 aliphatic carbocycles. The fraction of sp³-hybridized carbons (Fsp3) is 0.455. The third kappa shape index (κ3) is 4.06. The van der Waals surface area contributed by atoms with Crippen molar-refractivity contribution in [2.45, 2.75) is 13.0 Å². The first kappa shape index (κ1) is 10.2. The molecule has 0 amide bonds. The smallest absolute Gasteiger partial charge is 0.0834 e. The van der Waals surface area contributed by atoms with Crippen LogP contribution >= 0.6 is 0 Å². The van der Waals surface area contributed by atoms with Gasteiger partial charge in [-0.05, 0) is 19.0 Å². The lowest BCUT2D eigenvalue weighted by atomic mass is 10.2. The van der Waals surface area contributed by atoms with E-state index in [1.807, 2.05) is 25.2 Å². The van der Waals surface area contributed by atoms with Crippen molar-refractivity contribution < 1.29 is 5.11 Å². The van der Waals surface area contributed by atoms with Crippen molar-refractivity contribution in [3.8, 4) is 0 Å². The lowest BCUT2D eigenvalue weighted by molar-refractivity contribution is 0.171. The van der Waals surface area contributed by atoms with Crippen molar-refractivity contribution in [2.24, 2.45) is 0 Å². The number of rotatable bonds is 5. The van der Waals surface area contributed by atoms with Crippen molar-refractivity contribution in [1.29, 1.82) is 0 Å². The standard InChI is InChI=1S/C11H16NO/c1-12(8-5-9-13)10-11-6-3-2-4-7-11/h2-4,6-7H,5,8-10H2,1H3. The van der Waals surface area contributed by atoms with E-state index in [1.54, 1.807) is 0 Å². The average molecular weight is 178 g/mol. The molecule has 0 bridgehead atoms. The SMILES string of the molecule is CN(CCC[O])Cc1ccccc1. The van der Waals surface area contributed by atoms with Crippen LogP contribution in [0.5, 0.6) is 0 Å². The third-order valence-electron chi connectivity index (χ3n) is 1.98. The zero-order valence-electron chi connectivity index (χ0n) is 8.07. The van der Waals surface area contributed by atoms with Crippen molar-refractivity contribution in [3.63, 3.8) is 0 Å². The maximum Gasteiger partial charge on any atom is 0.0834 e. The topological polar surface area (TPSA) is 23.1 Å². The molecule has 1 aromatic rings. The lowest BCUT2D eigenvalue weighted by Gasteiger charge is -2.15. The van der Waals surface area contributed by atoms with Crippen LogP contribution in [0, 0.1) is 0 Å². The van der Waals surface area contributed by atoms with Gasteiger partial charge in [0.1, 0.15) is 0 Å². The highest BCUT2D eigenvalue weighted by Gasteiger charge is 1.98. The van der Waals surface area contributed by atoms with E-state index < -0.39 is 0 Å². The zero-order chi connectivity index (χ0) is 9.52. The highest BCUT2D eigenvalue weighted by atomic mass is 16.3. The van der Waals surface area contributed by atoms with Gasteiger partial charge in [-0.3, -0.25) is 0 Å². The summed E-state index contributed by atoms with van der Waals surface area (Å²) in [5.41, 5.74) is 1.30. The van der Waals surface area contributed by atoms with Gasteiger partial charge >= 0.3 is 0 Å². The molecule has 0 N–H and O–H groups in total. The molecule has 2 heteroatoms. The molecule has 13 heavy (non-hydrogen) atoms. The van der Waals surface area contributed by atoms with Gasteiger partial charge in [0.2, 0.25) is 0 Å². The first-order valence-electron chi connectivity index (χ1n) is 4.63. The van der Waals surface area contributed by atoms with Gasteiger partial charge in [-0.25, -0.2) is 5.11 Å². The summed E-state index contributed by atoms with van der Waals surface area (Å²) in [6, 6.07) is 10.3. The van der Waals surface area contributed by atoms with E-state index in [1.165, 1.54) is 5.56 Å². The minimum absolute atomic E-state index is 0.0269. The first-order valence-corrected chi connectivity index (χ1v) is 4.63. The molecule has 0 saturated heterocycles. The van der Waals surface area contributed by atoms with Crippen LogP contribution in [0.25, 0.3) is 0 Å². The Morgan fingerprint density at radius 3 is 2.54 bits per heavy atom. The molecule has 0 atom stereocenters. The van der Waals surface area contributed by atoms with E-state index in [0.717, 1.165) is 19.5 Å². The monoisotopic (exact) mass is 178 g/mol. The molecule has 1 radical (unpaired) electrons. The second kappa shape index (κ2) is 5.73. The van der Waals surface area contributed by atoms with Gasteiger partial charge in [0.15, 0.2) is 0 Å². The molecule has 1 aromatic carbocycles. The van der Waals surface area contributed by atoms with Crippen LogP contribution in [0.4, 0.5) is 0 Å². The van der Waals surface area contributed by atoms with Crippen molar-refractivity contribution in [2.75, 3.05) is 20.2 Å². The summed E-state index contributed by atoms with van der Waals surface area (Å²) < 4.78 is 0. The van der Waals surface area contributed by atoms with Crippen LogP contribution in [0.1, 0.15) is 12.0 Å². The van der Waals surface area contributed by atoms with Gasteiger partial charge in [0, 0.05) is 13.1 Å². The molecule has 0 heterocycles. The van der Waals surface area contributed by atoms with Gasteiger partial charge in [-0.1, -0.05) is 30.3 Å². The van der Waals surface area contributed by atoms with Crippen LogP contribution in [0.3, 0.4) is 0 Å². The molecular formula is C11H16NO. The summed E-state index contributed by atoms with van der Waals surface area (Å²) in [7, 11) is 2.04. The summed E-state index contributed by atoms with van der Waals surface area (Å²) >= 11 is 0. The number of hydrogen-bond acceptors (Lipinski definition) is 1. The third-order valence-corrected chi connectivity index (χ3v) is 1.98. The number of nitrogens with zero attached hydrogens (tertiary/aromatic N) is 1. The van der Waals surface area contributed by atoms with Crippen LogP contribution in [-0.4, -0.2) is 25.1 Å². The molecule has 0 aromatic heterocycles. The van der Waals surface area contributed by atoms with Crippen LogP contribution < -0.4 is 0 Å². The molecule has 0 spiro atoms. The van der Waals surface area contributed by atoms with Crippen molar-refractivity contribution in [1.82, 2.24) is 4.90 Å². The lowest BCUT2D eigenvalue weighted by Crippen LogP contribution is -2.19. The van der Waals surface area contributed by atoms with Crippen LogP contribution in [0.2, 0.25) is 0 Å². The quantitative estimate of drug-likeness (QED) is 0.675. The Balaban J connectivity index is 2.32. The zero-order valence-corrected chi connectivity index (χ0v) is 8.07. The average Bonchev–Trinajstić information content (AvgIpc) is 2.16. The molecule has 71 valence electrons. The van der Waals surface area contributed by atoms with E-state index >= 15 is 0 Å². The Labute approximate surface area is 79.8 Å². The summed E-state index contributed by atoms with van der Waals surface area (Å²) in [5.74, 6) is 0. The Morgan fingerprint density at radius 1 is 1.23 bits per heavy atom. The fourth-order valence-electron chi connectivity index (χ4n) is 1.31. The summed E-state index contributed by atoms with van der Waals surface area (Å²) in [6.07, 6.45) is 0.739. The number of hydrogen-bond donors (Lipinski definition) is 0. The molecule has 0 aliphatic heterocycles. The molecule has 2 nitrogen and oxygen atoms in total. The Hall–Kier alpha value is -0.860. The Kier molecular flexibility index (Phi) is 4.50. The van der Waals surface area contributed by atoms with Gasteiger partial charge in [-0.2, -0.15) is 0 Å². The van der Waals surface area contributed by atoms with E-state index in [9.17, 15) is 5.11 Å². The first-order chi connectivity index (χ1) is 6.33. The molecule has 0 saturated carbocycles. The Bertz CT molecular complexity index is 223. The number of benzene rings is 1. The second-order valence-electron chi connectivity index (χ2n) is 3.28. The predicted molar refractivity (Wildman–Crippen MR) is 52.9 cm³/mol. The summed E-state index contributed by atoms with van der Waals surface area (Å²) in [5, 5.41) is 10.3. The van der Waals surface area contributed by atoms with E-state index in [2.05, 4.69) is 17.0 Å². The van der Waals surface area contributed by atoms with Crippen molar-refractivity contribution >= 4 is 0 Å². The maximum absolute atomic E-state index is 10.3. The molecule has 0 fully saturated rings. The predicted octanol–water partition coefficient (Wildman–Crippen LogP) is 1.94. The normalized spacial score (nSPS) is 10.7. The van der Waals surface area contributed by atoms with Crippen molar-refractivity contribution in [3.05, 3.63) is 35.9 Å². The van der Waals surface area contributed by atoms with Crippen LogP contribution in [0.15, 0.2) is 30.3 Å². The van der Waals surface area contributed by atoms with Crippen LogP contribution in [-0.2, 0) is 11.7 Å². The Morgan fingerprint density at radius 2 is 1.92 bits per heavy atom. The van der Waals surface area contributed by atoms with Gasteiger partial charge in [0.25, 0.3) is 0 Å². The molecule has 0 unspecified atom stereocenters. The van der Waals surface area contributed by atoms with E-state index in [-0.39, 0.29) is 6.61 Å². The summed E-state index contributed by atoms with van der Waals surface area (Å²) in [4.78, 5) is 2.17. The van der Waals surface area contributed by atoms with Gasteiger partial charge in [-0.15, -0.1) is 0 Å². The highest BCUT2D eigenvalue weighted by Crippen LogP contribution is 2.02. The van der Waals surface area contributed by atoms with Gasteiger partial charge in [0.05, 0.1) is 6.61 Å². The largest absolute Gasteiger partial charge is 0.302 e. The summed E-state index contributed by atoms with van der Waals surface area (Å²) in [6.45, 7) is 1.85. The molecule has 0 aliphatic rings. The maximum atomic E-state index is 10.3. The van der Waals surface area contributed by atoms with Gasteiger partial charge < -0.3 is 4.90 Å². The fourth-order valence-corrected chi connectivity index (χ4v) is 1.31. The molecular weight excluding hydrogens is 162 g/mol. The second-order valence-corrected chi connectivity index (χ2v) is 3.28.